The van der Waals surface area contributed by atoms with E-state index in [1.165, 1.54) is 0 Å². The minimum Gasteiger partial charge on any atom is -0.331 e. The van der Waals surface area contributed by atoms with Gasteiger partial charge in [-0.25, -0.2) is 4.98 Å². The molecule has 4 heteroatoms. The Kier molecular flexibility index (Phi) is 2.92. The normalized spacial score (nSPS) is 12.4. The highest BCUT2D eigenvalue weighted by Gasteiger charge is 2.25. The lowest BCUT2D eigenvalue weighted by Crippen LogP contribution is -2.31. The molecular formula is C13H18ClN3. The van der Waals surface area contributed by atoms with Crippen LogP contribution in [0.3, 0.4) is 0 Å². The number of benzene rings is 1. The molecule has 0 fully saturated rings. The number of nitrogens with two attached hydrogens (primary N) is 1. The average Bonchev–Trinajstić information content (AvgIpc) is 2.58. The van der Waals surface area contributed by atoms with E-state index in [0.717, 1.165) is 27.4 Å². The minimum atomic E-state index is -0.132. The van der Waals surface area contributed by atoms with Crippen LogP contribution in [0, 0.1) is 6.92 Å². The summed E-state index contributed by atoms with van der Waals surface area (Å²) in [5.41, 5.74) is 8.85. The van der Waals surface area contributed by atoms with Crippen molar-refractivity contribution < 1.29 is 0 Å². The van der Waals surface area contributed by atoms with Crippen molar-refractivity contribution in [3.63, 3.8) is 0 Å². The predicted molar refractivity (Wildman–Crippen MR) is 72.5 cm³/mol. The van der Waals surface area contributed by atoms with Gasteiger partial charge in [-0.1, -0.05) is 25.4 Å². The van der Waals surface area contributed by atoms with Gasteiger partial charge in [-0.3, -0.25) is 0 Å². The fraction of sp³-hybridized carbons (Fsp3) is 0.462. The van der Waals surface area contributed by atoms with Crippen LogP contribution in [0.1, 0.15) is 25.2 Å². The van der Waals surface area contributed by atoms with Crippen LogP contribution in [0.4, 0.5) is 0 Å². The number of imidazole rings is 1. The lowest BCUT2D eigenvalue weighted by molar-refractivity contribution is 0.487. The zero-order valence-electron chi connectivity index (χ0n) is 10.7. The van der Waals surface area contributed by atoms with Gasteiger partial charge < -0.3 is 10.3 Å². The van der Waals surface area contributed by atoms with Crippen LogP contribution in [0.25, 0.3) is 11.0 Å². The van der Waals surface area contributed by atoms with E-state index in [2.05, 4.69) is 18.4 Å². The van der Waals surface area contributed by atoms with Gasteiger partial charge in [0.25, 0.3) is 0 Å². The maximum Gasteiger partial charge on any atom is 0.116 e. The Bertz CT molecular complexity index is 570. The molecule has 0 saturated carbocycles. The van der Waals surface area contributed by atoms with Crippen LogP contribution in [-0.2, 0) is 12.5 Å². The van der Waals surface area contributed by atoms with Gasteiger partial charge in [0.1, 0.15) is 5.82 Å². The topological polar surface area (TPSA) is 43.8 Å². The molecule has 0 aliphatic heterocycles. The number of aromatic nitrogens is 2. The minimum absolute atomic E-state index is 0.132. The lowest BCUT2D eigenvalue weighted by atomic mass is 9.93. The summed E-state index contributed by atoms with van der Waals surface area (Å²) in [5, 5.41) is 0.745. The number of aryl methyl sites for hydroxylation is 2. The molecule has 3 nitrogen and oxygen atoms in total. The fourth-order valence-corrected chi connectivity index (χ4v) is 2.38. The molecule has 0 bridgehead atoms. The maximum absolute atomic E-state index is 6.09. The number of nitrogens with zero attached hydrogens (tertiary/aromatic N) is 2. The molecular weight excluding hydrogens is 234 g/mol. The zero-order chi connectivity index (χ0) is 12.8. The van der Waals surface area contributed by atoms with Gasteiger partial charge in [-0.05, 0) is 24.6 Å². The molecule has 1 heterocycles. The Balaban J connectivity index is 2.77. The van der Waals surface area contributed by atoms with E-state index in [1.54, 1.807) is 0 Å². The van der Waals surface area contributed by atoms with E-state index in [0.29, 0.717) is 6.54 Å². The molecule has 2 rings (SSSR count). The van der Waals surface area contributed by atoms with Crippen LogP contribution >= 0.6 is 11.6 Å². The summed E-state index contributed by atoms with van der Waals surface area (Å²) in [6.07, 6.45) is 0. The number of hydrogen-bond donors (Lipinski definition) is 1. The van der Waals surface area contributed by atoms with Crippen molar-refractivity contribution in [3.05, 3.63) is 28.5 Å². The smallest absolute Gasteiger partial charge is 0.116 e. The van der Waals surface area contributed by atoms with Crippen LogP contribution in [0.2, 0.25) is 5.02 Å². The Labute approximate surface area is 107 Å². The molecule has 17 heavy (non-hydrogen) atoms. The van der Waals surface area contributed by atoms with E-state index >= 15 is 0 Å². The SMILES string of the molecule is Cc1cc(Cl)cc2c1nc(C(C)(C)CN)n2C. The number of rotatable bonds is 2. The highest BCUT2D eigenvalue weighted by molar-refractivity contribution is 6.31. The Hall–Kier alpha value is -1.06. The molecule has 0 saturated heterocycles. The van der Waals surface area contributed by atoms with Crippen molar-refractivity contribution in [2.24, 2.45) is 12.8 Å². The predicted octanol–water partition coefficient (Wildman–Crippen LogP) is 2.77. The second-order valence-corrected chi connectivity index (χ2v) is 5.61. The summed E-state index contributed by atoms with van der Waals surface area (Å²) in [5.74, 6) is 1.00. The Morgan fingerprint density at radius 3 is 2.65 bits per heavy atom. The first kappa shape index (κ1) is 12.4. The highest BCUT2D eigenvalue weighted by atomic mass is 35.5. The van der Waals surface area contributed by atoms with Crippen molar-refractivity contribution >= 4 is 22.6 Å². The Morgan fingerprint density at radius 1 is 1.41 bits per heavy atom. The molecule has 0 atom stereocenters. The summed E-state index contributed by atoms with van der Waals surface area (Å²) < 4.78 is 2.08. The van der Waals surface area contributed by atoms with Gasteiger partial charge in [0, 0.05) is 24.0 Å². The number of hydrogen-bond acceptors (Lipinski definition) is 2. The maximum atomic E-state index is 6.09. The molecule has 2 aromatic rings. The molecule has 0 amide bonds. The monoisotopic (exact) mass is 251 g/mol. The van der Waals surface area contributed by atoms with Crippen LogP contribution in [0.15, 0.2) is 12.1 Å². The average molecular weight is 252 g/mol. The third-order valence-electron chi connectivity index (χ3n) is 3.26. The zero-order valence-corrected chi connectivity index (χ0v) is 11.5. The van der Waals surface area contributed by atoms with Crippen molar-refractivity contribution in [2.75, 3.05) is 6.54 Å². The molecule has 0 radical (unpaired) electrons. The van der Waals surface area contributed by atoms with Crippen LogP contribution in [-0.4, -0.2) is 16.1 Å². The van der Waals surface area contributed by atoms with Crippen molar-refractivity contribution in [1.29, 1.82) is 0 Å². The molecule has 1 aromatic heterocycles. The molecule has 92 valence electrons. The quantitative estimate of drug-likeness (QED) is 0.892. The molecule has 0 aliphatic rings. The first-order chi connectivity index (χ1) is 7.86. The molecule has 2 N–H and O–H groups in total. The summed E-state index contributed by atoms with van der Waals surface area (Å²) in [4.78, 5) is 4.72. The van der Waals surface area contributed by atoms with Crippen molar-refractivity contribution in [1.82, 2.24) is 9.55 Å². The van der Waals surface area contributed by atoms with Gasteiger partial charge in [0.2, 0.25) is 0 Å². The van der Waals surface area contributed by atoms with Crippen LogP contribution in [0.5, 0.6) is 0 Å². The summed E-state index contributed by atoms with van der Waals surface area (Å²) in [6.45, 7) is 6.80. The number of fused-ring (bicyclic) bond motifs is 1. The van der Waals surface area contributed by atoms with Gasteiger partial charge >= 0.3 is 0 Å². The summed E-state index contributed by atoms with van der Waals surface area (Å²) in [6, 6.07) is 3.89. The fourth-order valence-electron chi connectivity index (χ4n) is 2.11. The molecule has 0 spiro atoms. The van der Waals surface area contributed by atoms with E-state index in [4.69, 9.17) is 22.3 Å². The van der Waals surface area contributed by atoms with Gasteiger partial charge in [-0.15, -0.1) is 0 Å². The third kappa shape index (κ3) is 1.94. The second-order valence-electron chi connectivity index (χ2n) is 5.17. The molecule has 1 aromatic carbocycles. The first-order valence-corrected chi connectivity index (χ1v) is 6.08. The second kappa shape index (κ2) is 4.00. The van der Waals surface area contributed by atoms with E-state index in [-0.39, 0.29) is 5.41 Å². The largest absolute Gasteiger partial charge is 0.331 e. The van der Waals surface area contributed by atoms with E-state index in [1.807, 2.05) is 26.1 Å². The van der Waals surface area contributed by atoms with Gasteiger partial charge in [0.05, 0.1) is 11.0 Å². The standard InChI is InChI=1S/C13H18ClN3/c1-8-5-9(14)6-10-11(8)16-12(17(10)4)13(2,3)7-15/h5-6H,7,15H2,1-4H3. The van der Waals surface area contributed by atoms with Crippen molar-refractivity contribution in [2.45, 2.75) is 26.2 Å². The van der Waals surface area contributed by atoms with Gasteiger partial charge in [-0.2, -0.15) is 0 Å². The van der Waals surface area contributed by atoms with Crippen LogP contribution < -0.4 is 5.73 Å². The number of halogens is 1. The third-order valence-corrected chi connectivity index (χ3v) is 3.48. The van der Waals surface area contributed by atoms with Crippen molar-refractivity contribution in [3.8, 4) is 0 Å². The molecule has 0 unspecified atom stereocenters. The summed E-state index contributed by atoms with van der Waals surface area (Å²) in [7, 11) is 2.01. The molecule has 0 aliphatic carbocycles. The lowest BCUT2D eigenvalue weighted by Gasteiger charge is -2.21. The highest BCUT2D eigenvalue weighted by Crippen LogP contribution is 2.28. The Morgan fingerprint density at radius 2 is 2.06 bits per heavy atom. The van der Waals surface area contributed by atoms with Gasteiger partial charge in [0.15, 0.2) is 0 Å². The summed E-state index contributed by atoms with van der Waals surface area (Å²) >= 11 is 6.09. The van der Waals surface area contributed by atoms with E-state index in [9.17, 15) is 0 Å². The first-order valence-electron chi connectivity index (χ1n) is 5.70. The van der Waals surface area contributed by atoms with E-state index < -0.39 is 0 Å².